The molecule has 0 amide bonds. The molecule has 1 aromatic carbocycles. The molecule has 0 radical (unpaired) electrons. The van der Waals surface area contributed by atoms with Gasteiger partial charge in [-0.2, -0.15) is 0 Å². The Hall–Kier alpha value is -1.49. The Morgan fingerprint density at radius 2 is 2.17 bits per heavy atom. The van der Waals surface area contributed by atoms with Crippen LogP contribution in [0.25, 0.3) is 11.4 Å². The highest BCUT2D eigenvalue weighted by atomic mass is 79.9. The molecule has 1 aromatic heterocycles. The first kappa shape index (κ1) is 13.0. The van der Waals surface area contributed by atoms with Crippen LogP contribution in [-0.2, 0) is 6.42 Å². The molecule has 0 bridgehead atoms. The van der Waals surface area contributed by atoms with E-state index in [-0.39, 0.29) is 16.9 Å². The molecule has 1 heterocycles. The lowest BCUT2D eigenvalue weighted by molar-refractivity contribution is 0.629. The Balaban J connectivity index is 2.65. The highest BCUT2D eigenvalue weighted by Crippen LogP contribution is 2.23. The quantitative estimate of drug-likeness (QED) is 0.925. The SMILES string of the molecule is CCc1c(C)nc(-c2cc(Br)ccc2F)[nH]c1=O. The van der Waals surface area contributed by atoms with Gasteiger partial charge in [0.05, 0.1) is 5.56 Å². The minimum Gasteiger partial charge on any atom is -0.306 e. The van der Waals surface area contributed by atoms with Crippen LogP contribution in [0.15, 0.2) is 27.5 Å². The molecule has 0 saturated carbocycles. The number of benzene rings is 1. The summed E-state index contributed by atoms with van der Waals surface area (Å²) in [6.45, 7) is 3.64. The van der Waals surface area contributed by atoms with E-state index in [1.807, 2.05) is 6.92 Å². The second-order valence-electron chi connectivity index (χ2n) is 3.96. The van der Waals surface area contributed by atoms with Crippen LogP contribution in [0.5, 0.6) is 0 Å². The van der Waals surface area contributed by atoms with Crippen molar-refractivity contribution in [1.82, 2.24) is 9.97 Å². The number of rotatable bonds is 2. The van der Waals surface area contributed by atoms with Crippen molar-refractivity contribution in [3.05, 3.63) is 50.1 Å². The molecule has 2 rings (SSSR count). The van der Waals surface area contributed by atoms with Crippen molar-refractivity contribution in [2.24, 2.45) is 0 Å². The minimum atomic E-state index is -0.412. The van der Waals surface area contributed by atoms with E-state index >= 15 is 0 Å². The van der Waals surface area contributed by atoms with E-state index in [4.69, 9.17) is 0 Å². The number of aryl methyl sites for hydroxylation is 1. The summed E-state index contributed by atoms with van der Waals surface area (Å²) in [4.78, 5) is 18.7. The second-order valence-corrected chi connectivity index (χ2v) is 4.87. The third-order valence-corrected chi connectivity index (χ3v) is 3.25. The Kier molecular flexibility index (Phi) is 3.61. The van der Waals surface area contributed by atoms with Crippen molar-refractivity contribution in [1.29, 1.82) is 0 Å². The lowest BCUT2D eigenvalue weighted by Gasteiger charge is -2.07. The lowest BCUT2D eigenvalue weighted by atomic mass is 10.1. The summed E-state index contributed by atoms with van der Waals surface area (Å²) in [5, 5.41) is 0. The van der Waals surface area contributed by atoms with Gasteiger partial charge >= 0.3 is 0 Å². The van der Waals surface area contributed by atoms with E-state index in [2.05, 4.69) is 25.9 Å². The predicted molar refractivity (Wildman–Crippen MR) is 72.1 cm³/mol. The highest BCUT2D eigenvalue weighted by Gasteiger charge is 2.11. The zero-order chi connectivity index (χ0) is 13.3. The second kappa shape index (κ2) is 5.02. The maximum Gasteiger partial charge on any atom is 0.254 e. The summed E-state index contributed by atoms with van der Waals surface area (Å²) in [5.41, 5.74) is 1.34. The van der Waals surface area contributed by atoms with Gasteiger partial charge in [0.15, 0.2) is 0 Å². The molecule has 0 aliphatic rings. The molecule has 0 aliphatic carbocycles. The molecule has 18 heavy (non-hydrogen) atoms. The fraction of sp³-hybridized carbons (Fsp3) is 0.231. The first-order chi connectivity index (χ1) is 8.52. The Labute approximate surface area is 112 Å². The van der Waals surface area contributed by atoms with Gasteiger partial charge in [-0.1, -0.05) is 22.9 Å². The van der Waals surface area contributed by atoms with E-state index in [1.54, 1.807) is 19.1 Å². The topological polar surface area (TPSA) is 45.8 Å². The Morgan fingerprint density at radius 1 is 1.44 bits per heavy atom. The van der Waals surface area contributed by atoms with E-state index in [0.29, 0.717) is 17.7 Å². The molecule has 2 aromatic rings. The monoisotopic (exact) mass is 310 g/mol. The van der Waals surface area contributed by atoms with E-state index in [9.17, 15) is 9.18 Å². The van der Waals surface area contributed by atoms with Gasteiger partial charge < -0.3 is 4.98 Å². The summed E-state index contributed by atoms with van der Waals surface area (Å²) in [6.07, 6.45) is 0.607. The highest BCUT2D eigenvalue weighted by molar-refractivity contribution is 9.10. The van der Waals surface area contributed by atoms with Crippen molar-refractivity contribution in [2.75, 3.05) is 0 Å². The molecule has 0 spiro atoms. The van der Waals surface area contributed by atoms with Gasteiger partial charge in [-0.05, 0) is 31.5 Å². The third kappa shape index (κ3) is 2.36. The Bertz CT molecular complexity index is 652. The van der Waals surface area contributed by atoms with Crippen LogP contribution in [0.1, 0.15) is 18.2 Å². The number of nitrogens with zero attached hydrogens (tertiary/aromatic N) is 1. The number of H-pyrrole nitrogens is 1. The van der Waals surface area contributed by atoms with Gasteiger partial charge in [0.2, 0.25) is 0 Å². The molecular weight excluding hydrogens is 299 g/mol. The summed E-state index contributed by atoms with van der Waals surface area (Å²) in [5.74, 6) is -0.154. The molecule has 0 saturated heterocycles. The van der Waals surface area contributed by atoms with E-state index in [1.165, 1.54) is 6.07 Å². The van der Waals surface area contributed by atoms with Crippen LogP contribution in [0, 0.1) is 12.7 Å². The fourth-order valence-electron chi connectivity index (χ4n) is 1.83. The van der Waals surface area contributed by atoms with E-state index < -0.39 is 5.82 Å². The van der Waals surface area contributed by atoms with Crippen LogP contribution in [0.2, 0.25) is 0 Å². The standard InChI is InChI=1S/C13H12BrFN2O/c1-3-9-7(2)16-12(17-13(9)18)10-6-8(14)4-5-11(10)15/h4-6H,3H2,1-2H3,(H,16,17,18). The first-order valence-electron chi connectivity index (χ1n) is 5.58. The van der Waals surface area contributed by atoms with Crippen LogP contribution < -0.4 is 5.56 Å². The number of hydrogen-bond acceptors (Lipinski definition) is 2. The molecule has 0 fully saturated rings. The number of aromatic nitrogens is 2. The number of nitrogens with one attached hydrogen (secondary N) is 1. The fourth-order valence-corrected chi connectivity index (χ4v) is 2.19. The van der Waals surface area contributed by atoms with Crippen molar-refractivity contribution in [2.45, 2.75) is 20.3 Å². The smallest absolute Gasteiger partial charge is 0.254 e. The van der Waals surface area contributed by atoms with Gasteiger partial charge in [0.25, 0.3) is 5.56 Å². The molecule has 0 atom stereocenters. The largest absolute Gasteiger partial charge is 0.306 e. The molecule has 1 N–H and O–H groups in total. The van der Waals surface area contributed by atoms with Gasteiger partial charge in [-0.15, -0.1) is 0 Å². The molecule has 5 heteroatoms. The van der Waals surface area contributed by atoms with E-state index in [0.717, 1.165) is 4.47 Å². The van der Waals surface area contributed by atoms with Gasteiger partial charge in [0.1, 0.15) is 11.6 Å². The molecular formula is C13H12BrFN2O. The average Bonchev–Trinajstić information content (AvgIpc) is 2.32. The molecule has 94 valence electrons. The number of halogens is 2. The minimum absolute atomic E-state index is 0.209. The lowest BCUT2D eigenvalue weighted by Crippen LogP contribution is -2.17. The van der Waals surface area contributed by atoms with Gasteiger partial charge in [-0.25, -0.2) is 9.37 Å². The average molecular weight is 311 g/mol. The first-order valence-corrected chi connectivity index (χ1v) is 6.37. The van der Waals surface area contributed by atoms with Crippen molar-refractivity contribution < 1.29 is 4.39 Å². The maximum atomic E-state index is 13.7. The van der Waals surface area contributed by atoms with Crippen LogP contribution in [-0.4, -0.2) is 9.97 Å². The van der Waals surface area contributed by atoms with Crippen LogP contribution in [0.4, 0.5) is 4.39 Å². The van der Waals surface area contributed by atoms with Crippen LogP contribution in [0.3, 0.4) is 0 Å². The maximum absolute atomic E-state index is 13.7. The van der Waals surface area contributed by atoms with Crippen molar-refractivity contribution >= 4 is 15.9 Å². The normalized spacial score (nSPS) is 10.7. The summed E-state index contributed by atoms with van der Waals surface area (Å²) in [7, 11) is 0. The zero-order valence-corrected chi connectivity index (χ0v) is 11.6. The third-order valence-electron chi connectivity index (χ3n) is 2.76. The van der Waals surface area contributed by atoms with Crippen molar-refractivity contribution in [3.63, 3.8) is 0 Å². The number of aromatic amines is 1. The predicted octanol–water partition coefficient (Wildman–Crippen LogP) is 3.21. The molecule has 3 nitrogen and oxygen atoms in total. The van der Waals surface area contributed by atoms with Gasteiger partial charge in [-0.3, -0.25) is 4.79 Å². The van der Waals surface area contributed by atoms with Gasteiger partial charge in [0, 0.05) is 15.7 Å². The molecule has 0 aliphatic heterocycles. The zero-order valence-electron chi connectivity index (χ0n) is 10.1. The van der Waals surface area contributed by atoms with Crippen LogP contribution >= 0.6 is 15.9 Å². The Morgan fingerprint density at radius 3 is 2.78 bits per heavy atom. The summed E-state index contributed by atoms with van der Waals surface area (Å²) >= 11 is 3.27. The number of hydrogen-bond donors (Lipinski definition) is 1. The summed E-state index contributed by atoms with van der Waals surface area (Å²) in [6, 6.07) is 4.53. The summed E-state index contributed by atoms with van der Waals surface area (Å²) < 4.78 is 14.5. The molecule has 0 unspecified atom stereocenters. The van der Waals surface area contributed by atoms with Crippen molar-refractivity contribution in [3.8, 4) is 11.4 Å².